The Hall–Kier alpha value is -0.600. The van der Waals surface area contributed by atoms with Gasteiger partial charge in [0.1, 0.15) is 67.1 Å². The summed E-state index contributed by atoms with van der Waals surface area (Å²) in [6.07, 6.45) is -23.9. The maximum Gasteiger partial charge on any atom is 0.187 e. The lowest BCUT2D eigenvalue weighted by Crippen LogP contribution is -2.66. The zero-order valence-electron chi connectivity index (χ0n) is 17.6. The second kappa shape index (κ2) is 11.0. The average molecular weight is 488 g/mol. The van der Waals surface area contributed by atoms with Gasteiger partial charge in [-0.2, -0.15) is 0 Å². The molecule has 0 spiro atoms. The highest BCUT2D eigenvalue weighted by atomic mass is 16.8. The van der Waals surface area contributed by atoms with Gasteiger partial charge in [0, 0.05) is 0 Å². The summed E-state index contributed by atoms with van der Waals surface area (Å²) < 4.78 is 26.6. The molecule has 194 valence electrons. The number of rotatable bonds is 6. The average Bonchev–Trinajstić information content (AvgIpc) is 2.79. The van der Waals surface area contributed by atoms with Crippen molar-refractivity contribution in [3.05, 3.63) is 0 Å². The third kappa shape index (κ3) is 5.32. The first-order valence-corrected chi connectivity index (χ1v) is 10.4. The fourth-order valence-electron chi connectivity index (χ4n) is 3.99. The molecule has 33 heavy (non-hydrogen) atoms. The minimum atomic E-state index is -1.86. The molecule has 0 aromatic rings. The summed E-state index contributed by atoms with van der Waals surface area (Å²) in [5, 5.41) is 99.8. The van der Waals surface area contributed by atoms with E-state index in [1.165, 1.54) is 6.92 Å². The van der Waals surface area contributed by atoms with Crippen LogP contribution in [0.25, 0.3) is 0 Å². The van der Waals surface area contributed by atoms with Crippen LogP contribution in [0.4, 0.5) is 0 Å². The summed E-state index contributed by atoms with van der Waals surface area (Å²) in [6.45, 7) is -0.105. The Kier molecular flexibility index (Phi) is 8.99. The van der Waals surface area contributed by atoms with E-state index in [4.69, 9.17) is 23.7 Å². The lowest BCUT2D eigenvalue weighted by molar-refractivity contribution is -0.381. The zero-order chi connectivity index (χ0) is 24.6. The highest BCUT2D eigenvalue weighted by Gasteiger charge is 2.53. The van der Waals surface area contributed by atoms with Crippen molar-refractivity contribution >= 4 is 0 Å². The van der Waals surface area contributed by atoms with E-state index in [1.807, 2.05) is 0 Å². The van der Waals surface area contributed by atoms with Gasteiger partial charge in [-0.05, 0) is 6.92 Å². The Labute approximate surface area is 187 Å². The summed E-state index contributed by atoms with van der Waals surface area (Å²) >= 11 is 0. The van der Waals surface area contributed by atoms with Crippen molar-refractivity contribution in [3.8, 4) is 0 Å². The molecular formula is C18H32O15. The largest absolute Gasteiger partial charge is 0.394 e. The van der Waals surface area contributed by atoms with Crippen LogP contribution in [-0.2, 0) is 23.7 Å². The monoisotopic (exact) mass is 488 g/mol. The lowest BCUT2D eigenvalue weighted by atomic mass is 9.96. The standard InChI is InChI=1S/C18H32O15/c1-4-7(21)9(23)11(25)17(29-4)33-15-13(27)14(6(3-20)30-16(15)28)32-18-12(26)10(24)8(22)5(2-19)31-18/h4-28H,2-3H2,1H3/t4-,5+,6+,7-,8+,9+,10-,11+,12+,13-,14-,15+,16?,17-,18-/m0/s1. The van der Waals surface area contributed by atoms with Crippen molar-refractivity contribution in [2.24, 2.45) is 0 Å². The Morgan fingerprint density at radius 2 is 1.06 bits per heavy atom. The molecule has 0 aromatic carbocycles. The third-order valence-corrected chi connectivity index (χ3v) is 6.05. The molecule has 3 saturated heterocycles. The van der Waals surface area contributed by atoms with Crippen LogP contribution in [0, 0.1) is 0 Å². The summed E-state index contributed by atoms with van der Waals surface area (Å²) in [4.78, 5) is 0. The molecule has 0 amide bonds. The predicted octanol–water partition coefficient (Wildman–Crippen LogP) is -6.55. The van der Waals surface area contributed by atoms with Gasteiger partial charge in [-0.25, -0.2) is 0 Å². The first-order chi connectivity index (χ1) is 15.5. The van der Waals surface area contributed by atoms with Crippen molar-refractivity contribution < 1.29 is 74.7 Å². The van der Waals surface area contributed by atoms with Gasteiger partial charge in [-0.3, -0.25) is 0 Å². The second-order valence-electron chi connectivity index (χ2n) is 8.32. The van der Waals surface area contributed by atoms with Gasteiger partial charge in [0.15, 0.2) is 18.9 Å². The normalized spacial score (nSPS) is 53.7. The molecule has 0 aromatic heterocycles. The maximum absolute atomic E-state index is 10.8. The van der Waals surface area contributed by atoms with E-state index < -0.39 is 105 Å². The minimum absolute atomic E-state index is 0.730. The van der Waals surface area contributed by atoms with E-state index in [0.717, 1.165) is 0 Å². The van der Waals surface area contributed by atoms with Gasteiger partial charge < -0.3 is 74.7 Å². The molecule has 0 saturated carbocycles. The minimum Gasteiger partial charge on any atom is -0.394 e. The van der Waals surface area contributed by atoms with Crippen LogP contribution in [0.5, 0.6) is 0 Å². The predicted molar refractivity (Wildman–Crippen MR) is 99.8 cm³/mol. The molecule has 3 fully saturated rings. The van der Waals surface area contributed by atoms with E-state index >= 15 is 0 Å². The first kappa shape index (κ1) is 27.0. The van der Waals surface area contributed by atoms with Crippen molar-refractivity contribution in [3.63, 3.8) is 0 Å². The van der Waals surface area contributed by atoms with Gasteiger partial charge >= 0.3 is 0 Å². The van der Waals surface area contributed by atoms with Gasteiger partial charge in [0.2, 0.25) is 0 Å². The van der Waals surface area contributed by atoms with Crippen molar-refractivity contribution in [2.75, 3.05) is 13.2 Å². The molecule has 0 aliphatic carbocycles. The fourth-order valence-corrected chi connectivity index (χ4v) is 3.99. The highest BCUT2D eigenvalue weighted by molar-refractivity contribution is 4.95. The molecule has 0 radical (unpaired) electrons. The summed E-state index contributed by atoms with van der Waals surface area (Å²) in [5.74, 6) is 0. The summed E-state index contributed by atoms with van der Waals surface area (Å²) in [5.41, 5.74) is 0. The molecule has 3 rings (SSSR count). The number of aliphatic hydroxyl groups excluding tert-OH is 10. The summed E-state index contributed by atoms with van der Waals surface area (Å²) in [7, 11) is 0. The lowest BCUT2D eigenvalue weighted by Gasteiger charge is -2.47. The number of hydrogen-bond acceptors (Lipinski definition) is 15. The van der Waals surface area contributed by atoms with E-state index in [0.29, 0.717) is 0 Å². The van der Waals surface area contributed by atoms with Crippen LogP contribution in [0.3, 0.4) is 0 Å². The molecule has 1 unspecified atom stereocenters. The first-order valence-electron chi connectivity index (χ1n) is 10.4. The van der Waals surface area contributed by atoms with E-state index in [1.54, 1.807) is 0 Å². The highest BCUT2D eigenvalue weighted by Crippen LogP contribution is 2.32. The Morgan fingerprint density at radius 3 is 1.64 bits per heavy atom. The van der Waals surface area contributed by atoms with Crippen LogP contribution in [-0.4, -0.2) is 156 Å². The van der Waals surface area contributed by atoms with E-state index in [2.05, 4.69) is 0 Å². The van der Waals surface area contributed by atoms with Crippen LogP contribution < -0.4 is 0 Å². The molecule has 10 N–H and O–H groups in total. The Balaban J connectivity index is 1.75. The van der Waals surface area contributed by atoms with Crippen LogP contribution in [0.15, 0.2) is 0 Å². The topological polar surface area (TPSA) is 248 Å². The molecular weight excluding hydrogens is 456 g/mol. The van der Waals surface area contributed by atoms with Crippen LogP contribution >= 0.6 is 0 Å². The molecule has 0 bridgehead atoms. The molecule has 15 nitrogen and oxygen atoms in total. The molecule has 3 aliphatic rings. The number of hydrogen-bond donors (Lipinski definition) is 10. The van der Waals surface area contributed by atoms with Crippen LogP contribution in [0.1, 0.15) is 6.92 Å². The molecule has 15 heteroatoms. The Morgan fingerprint density at radius 1 is 0.545 bits per heavy atom. The van der Waals surface area contributed by atoms with Gasteiger partial charge in [-0.15, -0.1) is 0 Å². The fraction of sp³-hybridized carbons (Fsp3) is 1.00. The van der Waals surface area contributed by atoms with Gasteiger partial charge in [0.05, 0.1) is 19.3 Å². The van der Waals surface area contributed by atoms with Crippen molar-refractivity contribution in [1.82, 2.24) is 0 Å². The smallest absolute Gasteiger partial charge is 0.187 e. The number of aliphatic hydroxyl groups is 10. The SMILES string of the molecule is C[C@@H]1O[C@@H](O[C@H]2C(O)O[C@H](CO)[C@H](O[C@@H]3O[C@H](CO)[C@@H](O)[C@H](O)[C@H]3O)[C@@H]2O)[C@H](O)[C@H](O)[C@H]1O. The van der Waals surface area contributed by atoms with Crippen molar-refractivity contribution in [2.45, 2.75) is 99.0 Å². The van der Waals surface area contributed by atoms with E-state index in [-0.39, 0.29) is 0 Å². The third-order valence-electron chi connectivity index (χ3n) is 6.05. The second-order valence-corrected chi connectivity index (χ2v) is 8.32. The summed E-state index contributed by atoms with van der Waals surface area (Å²) in [6, 6.07) is 0. The quantitative estimate of drug-likeness (QED) is 0.167. The molecule has 15 atom stereocenters. The van der Waals surface area contributed by atoms with Crippen LogP contribution in [0.2, 0.25) is 0 Å². The molecule has 3 heterocycles. The van der Waals surface area contributed by atoms with Gasteiger partial charge in [0.25, 0.3) is 0 Å². The zero-order valence-corrected chi connectivity index (χ0v) is 17.6. The van der Waals surface area contributed by atoms with Crippen molar-refractivity contribution in [1.29, 1.82) is 0 Å². The van der Waals surface area contributed by atoms with Gasteiger partial charge in [-0.1, -0.05) is 0 Å². The Bertz CT molecular complexity index is 624. The molecule has 3 aliphatic heterocycles. The van der Waals surface area contributed by atoms with E-state index in [9.17, 15) is 51.1 Å². The number of ether oxygens (including phenoxy) is 5. The maximum atomic E-state index is 10.8.